The lowest BCUT2D eigenvalue weighted by Gasteiger charge is -2.15. The first-order valence-electron chi connectivity index (χ1n) is 6.12. The lowest BCUT2D eigenvalue weighted by Crippen LogP contribution is -2.08. The van der Waals surface area contributed by atoms with Gasteiger partial charge in [-0.3, -0.25) is 4.79 Å². The van der Waals surface area contributed by atoms with Crippen molar-refractivity contribution in [1.29, 1.82) is 0 Å². The molecule has 0 radical (unpaired) electrons. The molecule has 2 rings (SSSR count). The highest BCUT2D eigenvalue weighted by molar-refractivity contribution is 7.99. The summed E-state index contributed by atoms with van der Waals surface area (Å²) in [6.45, 7) is 3.44. The molecule has 0 spiro atoms. The summed E-state index contributed by atoms with van der Waals surface area (Å²) in [5, 5.41) is 10.4. The summed E-state index contributed by atoms with van der Waals surface area (Å²) >= 11 is 1.29. The van der Waals surface area contributed by atoms with Crippen molar-refractivity contribution < 1.29 is 9.84 Å². The number of ether oxygens (including phenoxy) is 1. The van der Waals surface area contributed by atoms with Gasteiger partial charge < -0.3 is 14.8 Å². The normalized spacial score (nSPS) is 12.2. The van der Waals surface area contributed by atoms with Crippen LogP contribution >= 0.6 is 11.8 Å². The lowest BCUT2D eigenvalue weighted by atomic mass is 10.1. The third-order valence-corrected chi connectivity index (χ3v) is 3.68. The Morgan fingerprint density at radius 3 is 2.80 bits per heavy atom. The minimum Gasteiger partial charge on any atom is -0.496 e. The number of benzene rings is 1. The summed E-state index contributed by atoms with van der Waals surface area (Å²) in [4.78, 5) is 19.2. The summed E-state index contributed by atoms with van der Waals surface area (Å²) in [5.74, 6) is 0.611. The van der Waals surface area contributed by atoms with Gasteiger partial charge in [0.05, 0.1) is 13.2 Å². The van der Waals surface area contributed by atoms with Crippen molar-refractivity contribution in [2.45, 2.75) is 30.0 Å². The lowest BCUT2D eigenvalue weighted by molar-refractivity contribution is 0.191. The predicted molar refractivity (Wildman–Crippen MR) is 77.3 cm³/mol. The standard InChI is InChI=1S/C14H16N2O3S/c1-8-7-12(18)16-14(15-8)20-11-6-4-5-10(19-3)13(11)9(2)17/h4-7,9,17H,1-3H3,(H,15,16,18)/t9-/m1/s1. The molecule has 0 saturated carbocycles. The third-order valence-electron chi connectivity index (χ3n) is 2.72. The van der Waals surface area contributed by atoms with Gasteiger partial charge in [0, 0.05) is 22.2 Å². The van der Waals surface area contributed by atoms with Crippen molar-refractivity contribution in [3.8, 4) is 5.75 Å². The second kappa shape index (κ2) is 6.11. The molecule has 0 saturated heterocycles. The van der Waals surface area contributed by atoms with Gasteiger partial charge in [0.2, 0.25) is 0 Å². The SMILES string of the molecule is COc1cccc(Sc2nc(C)cc(=O)[nH]2)c1[C@@H](C)O. The van der Waals surface area contributed by atoms with Crippen LogP contribution in [0.25, 0.3) is 0 Å². The Labute approximate surface area is 121 Å². The molecule has 0 aliphatic rings. The van der Waals surface area contributed by atoms with Gasteiger partial charge in [-0.05, 0) is 26.0 Å². The molecule has 0 amide bonds. The van der Waals surface area contributed by atoms with Gasteiger partial charge in [-0.15, -0.1) is 0 Å². The Bertz CT molecular complexity index is 668. The largest absolute Gasteiger partial charge is 0.496 e. The fourth-order valence-electron chi connectivity index (χ4n) is 1.91. The Morgan fingerprint density at radius 1 is 1.45 bits per heavy atom. The zero-order valence-electron chi connectivity index (χ0n) is 11.5. The zero-order chi connectivity index (χ0) is 14.7. The van der Waals surface area contributed by atoms with Crippen LogP contribution in [-0.2, 0) is 0 Å². The maximum absolute atomic E-state index is 11.5. The summed E-state index contributed by atoms with van der Waals surface area (Å²) in [7, 11) is 1.56. The van der Waals surface area contributed by atoms with E-state index in [-0.39, 0.29) is 5.56 Å². The summed E-state index contributed by atoms with van der Waals surface area (Å²) in [5.41, 5.74) is 1.14. The Kier molecular flexibility index (Phi) is 4.46. The molecule has 5 nitrogen and oxygen atoms in total. The predicted octanol–water partition coefficient (Wildman–Crippen LogP) is 2.29. The Hall–Kier alpha value is -1.79. The van der Waals surface area contributed by atoms with E-state index >= 15 is 0 Å². The smallest absolute Gasteiger partial charge is 0.251 e. The number of aliphatic hydroxyl groups is 1. The van der Waals surface area contributed by atoms with Crippen LogP contribution in [-0.4, -0.2) is 22.2 Å². The Balaban J connectivity index is 2.45. The summed E-state index contributed by atoms with van der Waals surface area (Å²) in [6, 6.07) is 6.92. The molecule has 0 bridgehead atoms. The van der Waals surface area contributed by atoms with Crippen LogP contribution < -0.4 is 10.3 Å². The minimum absolute atomic E-state index is 0.193. The number of hydrogen-bond acceptors (Lipinski definition) is 5. The number of aryl methyl sites for hydroxylation is 1. The van der Waals surface area contributed by atoms with Gasteiger partial charge in [-0.25, -0.2) is 4.98 Å². The van der Waals surface area contributed by atoms with E-state index in [2.05, 4.69) is 9.97 Å². The van der Waals surface area contributed by atoms with Gasteiger partial charge >= 0.3 is 0 Å². The second-order valence-electron chi connectivity index (χ2n) is 4.34. The van der Waals surface area contributed by atoms with E-state index in [0.717, 1.165) is 4.90 Å². The van der Waals surface area contributed by atoms with Crippen LogP contribution in [0.4, 0.5) is 0 Å². The molecule has 2 aromatic rings. The molecular weight excluding hydrogens is 276 g/mol. The number of aliphatic hydroxyl groups excluding tert-OH is 1. The van der Waals surface area contributed by atoms with Crippen LogP contribution in [0.2, 0.25) is 0 Å². The highest BCUT2D eigenvalue weighted by Gasteiger charge is 2.15. The van der Waals surface area contributed by atoms with E-state index in [4.69, 9.17) is 4.74 Å². The highest BCUT2D eigenvalue weighted by Crippen LogP contribution is 2.36. The first kappa shape index (κ1) is 14.6. The van der Waals surface area contributed by atoms with Crippen molar-refractivity contribution in [2.75, 3.05) is 7.11 Å². The molecule has 1 aromatic heterocycles. The monoisotopic (exact) mass is 292 g/mol. The van der Waals surface area contributed by atoms with Crippen molar-refractivity contribution in [3.63, 3.8) is 0 Å². The van der Waals surface area contributed by atoms with E-state index in [9.17, 15) is 9.90 Å². The molecule has 2 N–H and O–H groups in total. The second-order valence-corrected chi connectivity index (χ2v) is 5.37. The highest BCUT2D eigenvalue weighted by atomic mass is 32.2. The Morgan fingerprint density at radius 2 is 2.20 bits per heavy atom. The maximum Gasteiger partial charge on any atom is 0.251 e. The number of methoxy groups -OCH3 is 1. The molecule has 0 aliphatic carbocycles. The summed E-state index contributed by atoms with van der Waals surface area (Å²) in [6.07, 6.45) is -0.676. The van der Waals surface area contributed by atoms with Crippen LogP contribution in [0.3, 0.4) is 0 Å². The van der Waals surface area contributed by atoms with Crippen LogP contribution in [0, 0.1) is 6.92 Å². The zero-order valence-corrected chi connectivity index (χ0v) is 12.3. The quantitative estimate of drug-likeness (QED) is 0.846. The first-order chi connectivity index (χ1) is 9.51. The molecule has 0 fully saturated rings. The molecule has 1 heterocycles. The molecule has 20 heavy (non-hydrogen) atoms. The first-order valence-corrected chi connectivity index (χ1v) is 6.93. The average molecular weight is 292 g/mol. The number of nitrogens with zero attached hydrogens (tertiary/aromatic N) is 1. The fourth-order valence-corrected chi connectivity index (χ4v) is 2.98. The van der Waals surface area contributed by atoms with E-state index < -0.39 is 6.10 Å². The van der Waals surface area contributed by atoms with Gasteiger partial charge in [-0.2, -0.15) is 0 Å². The third kappa shape index (κ3) is 3.20. The number of aromatic amines is 1. The molecule has 1 atom stereocenters. The topological polar surface area (TPSA) is 75.2 Å². The van der Waals surface area contributed by atoms with Crippen molar-refractivity contribution >= 4 is 11.8 Å². The number of H-pyrrole nitrogens is 1. The minimum atomic E-state index is -0.676. The molecular formula is C14H16N2O3S. The van der Waals surface area contributed by atoms with Gasteiger partial charge in [0.25, 0.3) is 5.56 Å². The van der Waals surface area contributed by atoms with Crippen molar-refractivity contribution in [1.82, 2.24) is 9.97 Å². The maximum atomic E-state index is 11.5. The number of hydrogen-bond donors (Lipinski definition) is 2. The van der Waals surface area contributed by atoms with Crippen molar-refractivity contribution in [2.24, 2.45) is 0 Å². The molecule has 1 aromatic carbocycles. The number of aromatic nitrogens is 2. The molecule has 0 aliphatic heterocycles. The summed E-state index contributed by atoms with van der Waals surface area (Å²) < 4.78 is 5.27. The van der Waals surface area contributed by atoms with Gasteiger partial charge in [0.1, 0.15) is 5.75 Å². The molecule has 0 unspecified atom stereocenters. The average Bonchev–Trinajstić information content (AvgIpc) is 2.36. The van der Waals surface area contributed by atoms with E-state index in [1.807, 2.05) is 12.1 Å². The molecule has 6 heteroatoms. The van der Waals surface area contributed by atoms with Gasteiger partial charge in [-0.1, -0.05) is 17.8 Å². The number of rotatable bonds is 4. The molecule has 106 valence electrons. The van der Waals surface area contributed by atoms with E-state index in [1.165, 1.54) is 17.8 Å². The van der Waals surface area contributed by atoms with Crippen LogP contribution in [0.1, 0.15) is 24.3 Å². The van der Waals surface area contributed by atoms with E-state index in [1.54, 1.807) is 27.0 Å². The number of nitrogens with one attached hydrogen (secondary N) is 1. The van der Waals surface area contributed by atoms with E-state index in [0.29, 0.717) is 22.2 Å². The van der Waals surface area contributed by atoms with Crippen LogP contribution in [0.15, 0.2) is 39.1 Å². The van der Waals surface area contributed by atoms with Crippen LogP contribution in [0.5, 0.6) is 5.75 Å². The fraction of sp³-hybridized carbons (Fsp3) is 0.286. The van der Waals surface area contributed by atoms with Crippen molar-refractivity contribution in [3.05, 3.63) is 45.9 Å². The van der Waals surface area contributed by atoms with Gasteiger partial charge in [0.15, 0.2) is 5.16 Å².